The first-order valence-corrected chi connectivity index (χ1v) is 7.71. The summed E-state index contributed by atoms with van der Waals surface area (Å²) in [7, 11) is -3.32. The molecule has 1 aromatic rings. The molecule has 0 saturated heterocycles. The van der Waals surface area contributed by atoms with E-state index in [0.29, 0.717) is 0 Å². The molecule has 0 aliphatic heterocycles. The lowest BCUT2D eigenvalue weighted by atomic mass is 10.3. The van der Waals surface area contributed by atoms with Crippen LogP contribution in [0.15, 0.2) is 29.2 Å². The zero-order valence-electron chi connectivity index (χ0n) is 10.1. The summed E-state index contributed by atoms with van der Waals surface area (Å²) < 4.78 is 24.2. The van der Waals surface area contributed by atoms with E-state index in [9.17, 15) is 8.42 Å². The van der Waals surface area contributed by atoms with Gasteiger partial charge in [-0.05, 0) is 32.0 Å². The van der Waals surface area contributed by atoms with E-state index in [2.05, 4.69) is 5.32 Å². The quantitative estimate of drug-likeness (QED) is 0.868. The smallest absolute Gasteiger partial charge is 0.181 e. The normalized spacial score (nSPS) is 13.6. The maximum Gasteiger partial charge on any atom is 0.181 e. The van der Waals surface area contributed by atoms with Crippen molar-refractivity contribution < 1.29 is 8.42 Å². The van der Waals surface area contributed by atoms with Crippen molar-refractivity contribution in [1.82, 2.24) is 5.32 Å². The van der Waals surface area contributed by atoms with Crippen molar-refractivity contribution in [2.45, 2.75) is 31.2 Å². The Balaban J connectivity index is 2.79. The van der Waals surface area contributed by atoms with E-state index in [1.165, 1.54) is 0 Å². The third kappa shape index (κ3) is 4.30. The van der Waals surface area contributed by atoms with Crippen LogP contribution in [0, 0.1) is 0 Å². The Kier molecular flexibility index (Phi) is 5.43. The van der Waals surface area contributed by atoms with Crippen LogP contribution in [0.25, 0.3) is 0 Å². The predicted molar refractivity (Wildman–Crippen MR) is 71.3 cm³/mol. The Hall–Kier alpha value is -0.580. The van der Waals surface area contributed by atoms with Gasteiger partial charge in [0, 0.05) is 6.04 Å². The lowest BCUT2D eigenvalue weighted by molar-refractivity contribution is 0.555. The molecule has 17 heavy (non-hydrogen) atoms. The second-order valence-corrected chi connectivity index (χ2v) is 6.48. The SMILES string of the molecule is CCCNC(C)CS(=O)(=O)c1ccccc1Cl. The molecule has 1 unspecified atom stereocenters. The van der Waals surface area contributed by atoms with Gasteiger partial charge in [0.2, 0.25) is 0 Å². The van der Waals surface area contributed by atoms with Crippen LogP contribution in [-0.4, -0.2) is 26.8 Å². The van der Waals surface area contributed by atoms with Crippen molar-refractivity contribution >= 4 is 21.4 Å². The Morgan fingerprint density at radius 2 is 2.00 bits per heavy atom. The molecule has 0 aromatic heterocycles. The third-order valence-electron chi connectivity index (χ3n) is 2.38. The van der Waals surface area contributed by atoms with Gasteiger partial charge in [0.1, 0.15) is 0 Å². The van der Waals surface area contributed by atoms with Gasteiger partial charge < -0.3 is 5.32 Å². The molecular formula is C12H18ClNO2S. The summed E-state index contributed by atoms with van der Waals surface area (Å²) in [5.41, 5.74) is 0. The van der Waals surface area contributed by atoms with Crippen molar-refractivity contribution in [1.29, 1.82) is 0 Å². The van der Waals surface area contributed by atoms with Gasteiger partial charge in [-0.2, -0.15) is 0 Å². The highest BCUT2D eigenvalue weighted by molar-refractivity contribution is 7.91. The predicted octanol–water partition coefficient (Wildman–Crippen LogP) is 2.50. The minimum Gasteiger partial charge on any atom is -0.313 e. The van der Waals surface area contributed by atoms with Crippen LogP contribution >= 0.6 is 11.6 Å². The average molecular weight is 276 g/mol. The van der Waals surface area contributed by atoms with Crippen molar-refractivity contribution in [2.75, 3.05) is 12.3 Å². The van der Waals surface area contributed by atoms with Crippen LogP contribution < -0.4 is 5.32 Å². The molecule has 0 bridgehead atoms. The van der Waals surface area contributed by atoms with E-state index in [4.69, 9.17) is 11.6 Å². The van der Waals surface area contributed by atoms with Gasteiger partial charge in [-0.3, -0.25) is 0 Å². The zero-order chi connectivity index (χ0) is 12.9. The molecule has 0 fully saturated rings. The molecule has 0 amide bonds. The summed E-state index contributed by atoms with van der Waals surface area (Å²) in [5, 5.41) is 3.44. The molecule has 1 N–H and O–H groups in total. The zero-order valence-corrected chi connectivity index (χ0v) is 11.7. The lowest BCUT2D eigenvalue weighted by Gasteiger charge is -2.14. The molecule has 0 saturated carbocycles. The first kappa shape index (κ1) is 14.5. The molecule has 0 spiro atoms. The van der Waals surface area contributed by atoms with E-state index >= 15 is 0 Å². The highest BCUT2D eigenvalue weighted by Gasteiger charge is 2.20. The van der Waals surface area contributed by atoms with Crippen molar-refractivity contribution in [2.24, 2.45) is 0 Å². The van der Waals surface area contributed by atoms with Gasteiger partial charge >= 0.3 is 0 Å². The van der Waals surface area contributed by atoms with E-state index < -0.39 is 9.84 Å². The fourth-order valence-electron chi connectivity index (χ4n) is 1.57. The Labute approximate surface area is 108 Å². The Morgan fingerprint density at radius 1 is 1.35 bits per heavy atom. The molecule has 1 aromatic carbocycles. The van der Waals surface area contributed by atoms with E-state index in [0.717, 1.165) is 13.0 Å². The average Bonchev–Trinajstić information content (AvgIpc) is 2.26. The van der Waals surface area contributed by atoms with Crippen LogP contribution in [-0.2, 0) is 9.84 Å². The molecule has 1 atom stereocenters. The number of benzene rings is 1. The second-order valence-electron chi connectivity index (χ2n) is 4.07. The molecule has 96 valence electrons. The molecule has 1 rings (SSSR count). The van der Waals surface area contributed by atoms with Crippen LogP contribution in [0.5, 0.6) is 0 Å². The molecule has 0 radical (unpaired) electrons. The van der Waals surface area contributed by atoms with Gasteiger partial charge in [-0.25, -0.2) is 8.42 Å². The number of nitrogens with one attached hydrogen (secondary N) is 1. The Morgan fingerprint density at radius 3 is 2.59 bits per heavy atom. The minimum atomic E-state index is -3.32. The standard InChI is InChI=1S/C12H18ClNO2S/c1-3-8-14-10(2)9-17(15,16)12-7-5-4-6-11(12)13/h4-7,10,14H,3,8-9H2,1-2H3. The van der Waals surface area contributed by atoms with Crippen molar-refractivity contribution in [3.63, 3.8) is 0 Å². The maximum atomic E-state index is 12.1. The molecule has 0 heterocycles. The van der Waals surface area contributed by atoms with Crippen LogP contribution in [0.3, 0.4) is 0 Å². The summed E-state index contributed by atoms with van der Waals surface area (Å²) in [5.74, 6) is 0.0662. The fraction of sp³-hybridized carbons (Fsp3) is 0.500. The van der Waals surface area contributed by atoms with Gasteiger partial charge in [-0.15, -0.1) is 0 Å². The summed E-state index contributed by atoms with van der Waals surface area (Å²) in [4.78, 5) is 0.215. The highest BCUT2D eigenvalue weighted by atomic mass is 35.5. The first-order chi connectivity index (χ1) is 7.97. The number of hydrogen-bond acceptors (Lipinski definition) is 3. The summed E-state index contributed by atoms with van der Waals surface area (Å²) in [6.45, 7) is 4.73. The van der Waals surface area contributed by atoms with Gasteiger partial charge in [-0.1, -0.05) is 30.7 Å². The second kappa shape index (κ2) is 6.38. The van der Waals surface area contributed by atoms with Gasteiger partial charge in [0.25, 0.3) is 0 Å². The Bertz CT molecular complexity index is 459. The molecular weight excluding hydrogens is 258 g/mol. The minimum absolute atomic E-state index is 0.0662. The number of sulfone groups is 1. The van der Waals surface area contributed by atoms with Gasteiger partial charge in [0.15, 0.2) is 9.84 Å². The van der Waals surface area contributed by atoms with Crippen molar-refractivity contribution in [3.8, 4) is 0 Å². The number of hydrogen-bond donors (Lipinski definition) is 1. The van der Waals surface area contributed by atoms with E-state index in [1.807, 2.05) is 13.8 Å². The molecule has 0 aliphatic rings. The lowest BCUT2D eigenvalue weighted by Crippen LogP contribution is -2.33. The maximum absolute atomic E-state index is 12.1. The van der Waals surface area contributed by atoms with Crippen molar-refractivity contribution in [3.05, 3.63) is 29.3 Å². The summed E-state index contributed by atoms with van der Waals surface area (Å²) >= 11 is 5.90. The van der Waals surface area contributed by atoms with Crippen LogP contribution in [0.2, 0.25) is 5.02 Å². The highest BCUT2D eigenvalue weighted by Crippen LogP contribution is 2.22. The van der Waals surface area contributed by atoms with Crippen LogP contribution in [0.1, 0.15) is 20.3 Å². The largest absolute Gasteiger partial charge is 0.313 e. The van der Waals surface area contributed by atoms with E-state index in [-0.39, 0.29) is 21.7 Å². The van der Waals surface area contributed by atoms with Gasteiger partial charge in [0.05, 0.1) is 15.7 Å². The molecule has 0 aliphatic carbocycles. The summed E-state index contributed by atoms with van der Waals surface area (Å²) in [6.07, 6.45) is 0.983. The monoisotopic (exact) mass is 275 g/mol. The van der Waals surface area contributed by atoms with Crippen LogP contribution in [0.4, 0.5) is 0 Å². The number of rotatable bonds is 6. The summed E-state index contributed by atoms with van der Waals surface area (Å²) in [6, 6.07) is 6.47. The topological polar surface area (TPSA) is 46.2 Å². The molecule has 3 nitrogen and oxygen atoms in total. The van der Waals surface area contributed by atoms with E-state index in [1.54, 1.807) is 24.3 Å². The first-order valence-electron chi connectivity index (χ1n) is 5.68. The molecule has 5 heteroatoms. The number of halogens is 1. The fourth-order valence-corrected chi connectivity index (χ4v) is 3.66. The third-order valence-corrected chi connectivity index (χ3v) is 4.79.